The Morgan fingerprint density at radius 3 is 3.11 bits per heavy atom. The largest absolute Gasteiger partial charge is 0.506 e. The van der Waals surface area contributed by atoms with Gasteiger partial charge in [-0.2, -0.15) is 11.8 Å². The van der Waals surface area contributed by atoms with E-state index in [1.807, 2.05) is 11.8 Å². The number of nitrogens with one attached hydrogen (secondary N) is 2. The second kappa shape index (κ2) is 6.31. The average Bonchev–Trinajstić information content (AvgIpc) is 2.35. The Kier molecular flexibility index (Phi) is 4.74. The van der Waals surface area contributed by atoms with E-state index in [1.165, 1.54) is 12.1 Å². The molecule has 6 heteroatoms. The average molecular weight is 287 g/mol. The molecule has 1 aromatic rings. The SMILES string of the molecule is O=C(CC1CSCCN1)Nc1ccc(O)c(Cl)c1. The van der Waals surface area contributed by atoms with Crippen molar-refractivity contribution in [1.29, 1.82) is 0 Å². The molecule has 1 aliphatic heterocycles. The Bertz CT molecular complexity index is 436. The number of phenols is 1. The van der Waals surface area contributed by atoms with Crippen LogP contribution in [0.4, 0.5) is 5.69 Å². The second-order valence-electron chi connectivity index (χ2n) is 4.14. The molecule has 0 aliphatic carbocycles. The third kappa shape index (κ3) is 3.80. The zero-order valence-electron chi connectivity index (χ0n) is 9.78. The quantitative estimate of drug-likeness (QED) is 0.745. The molecule has 3 N–H and O–H groups in total. The van der Waals surface area contributed by atoms with Gasteiger partial charge in [0.1, 0.15) is 5.75 Å². The number of benzene rings is 1. The summed E-state index contributed by atoms with van der Waals surface area (Å²) in [4.78, 5) is 11.8. The van der Waals surface area contributed by atoms with Crippen LogP contribution in [-0.4, -0.2) is 35.1 Å². The molecule has 1 aromatic carbocycles. The van der Waals surface area contributed by atoms with E-state index in [-0.39, 0.29) is 22.7 Å². The van der Waals surface area contributed by atoms with Crippen LogP contribution in [-0.2, 0) is 4.79 Å². The lowest BCUT2D eigenvalue weighted by Crippen LogP contribution is -2.39. The maximum absolute atomic E-state index is 11.8. The number of carbonyl (C=O) groups is 1. The highest BCUT2D eigenvalue weighted by atomic mass is 35.5. The predicted molar refractivity (Wildman–Crippen MR) is 75.5 cm³/mol. The van der Waals surface area contributed by atoms with Gasteiger partial charge in [0.15, 0.2) is 0 Å². The molecular formula is C12H15ClN2O2S. The minimum Gasteiger partial charge on any atom is -0.506 e. The van der Waals surface area contributed by atoms with Gasteiger partial charge >= 0.3 is 0 Å². The number of hydrogen-bond acceptors (Lipinski definition) is 4. The lowest BCUT2D eigenvalue weighted by atomic mass is 10.2. The summed E-state index contributed by atoms with van der Waals surface area (Å²) in [5.74, 6) is 2.03. The molecule has 1 saturated heterocycles. The number of anilines is 1. The van der Waals surface area contributed by atoms with Crippen molar-refractivity contribution in [3.05, 3.63) is 23.2 Å². The smallest absolute Gasteiger partial charge is 0.225 e. The van der Waals surface area contributed by atoms with Gasteiger partial charge in [-0.05, 0) is 18.2 Å². The first-order chi connectivity index (χ1) is 8.65. The van der Waals surface area contributed by atoms with Crippen molar-refractivity contribution in [1.82, 2.24) is 5.32 Å². The summed E-state index contributed by atoms with van der Waals surface area (Å²) in [5, 5.41) is 15.6. The summed E-state index contributed by atoms with van der Waals surface area (Å²) in [6, 6.07) is 4.86. The summed E-state index contributed by atoms with van der Waals surface area (Å²) in [5.41, 5.74) is 0.603. The summed E-state index contributed by atoms with van der Waals surface area (Å²) in [6.45, 7) is 0.952. The number of halogens is 1. The third-order valence-corrected chi connectivity index (χ3v) is 4.10. The van der Waals surface area contributed by atoms with Gasteiger partial charge in [-0.15, -0.1) is 0 Å². The Morgan fingerprint density at radius 2 is 2.44 bits per heavy atom. The van der Waals surface area contributed by atoms with E-state index < -0.39 is 0 Å². The molecule has 0 aromatic heterocycles. The van der Waals surface area contributed by atoms with Crippen molar-refractivity contribution in [3.63, 3.8) is 0 Å². The monoisotopic (exact) mass is 286 g/mol. The van der Waals surface area contributed by atoms with Crippen LogP contribution >= 0.6 is 23.4 Å². The molecule has 1 fully saturated rings. The molecule has 0 radical (unpaired) electrons. The van der Waals surface area contributed by atoms with E-state index in [2.05, 4.69) is 10.6 Å². The molecule has 1 unspecified atom stereocenters. The van der Waals surface area contributed by atoms with E-state index in [4.69, 9.17) is 11.6 Å². The van der Waals surface area contributed by atoms with Crippen LogP contribution in [0.1, 0.15) is 6.42 Å². The molecule has 98 valence electrons. The highest BCUT2D eigenvalue weighted by molar-refractivity contribution is 7.99. The van der Waals surface area contributed by atoms with Gasteiger partial charge in [0.25, 0.3) is 0 Å². The standard InChI is InChI=1S/C12H15ClN2O2S/c13-10-5-8(1-2-11(10)16)15-12(17)6-9-7-18-4-3-14-9/h1-2,5,9,14,16H,3-4,6-7H2,(H,15,17). The fraction of sp³-hybridized carbons (Fsp3) is 0.417. The number of rotatable bonds is 3. The lowest BCUT2D eigenvalue weighted by molar-refractivity contribution is -0.116. The van der Waals surface area contributed by atoms with E-state index in [9.17, 15) is 9.90 Å². The number of hydrogen-bond donors (Lipinski definition) is 3. The van der Waals surface area contributed by atoms with E-state index in [1.54, 1.807) is 6.07 Å². The molecule has 2 rings (SSSR count). The predicted octanol–water partition coefficient (Wildman–Crippen LogP) is 2.08. The Morgan fingerprint density at radius 1 is 1.61 bits per heavy atom. The summed E-state index contributed by atoms with van der Waals surface area (Å²) >= 11 is 7.63. The van der Waals surface area contributed by atoms with Gasteiger partial charge in [-0.25, -0.2) is 0 Å². The number of thioether (sulfide) groups is 1. The van der Waals surface area contributed by atoms with Gasteiger partial charge < -0.3 is 15.7 Å². The Hall–Kier alpha value is -0.910. The molecule has 4 nitrogen and oxygen atoms in total. The van der Waals surface area contributed by atoms with Crippen LogP contribution in [0.5, 0.6) is 5.75 Å². The molecule has 1 atom stereocenters. The summed E-state index contributed by atoms with van der Waals surface area (Å²) in [6.07, 6.45) is 0.450. The van der Waals surface area contributed by atoms with Crippen LogP contribution < -0.4 is 10.6 Å². The van der Waals surface area contributed by atoms with Gasteiger partial charge in [-0.3, -0.25) is 4.79 Å². The number of amides is 1. The minimum absolute atomic E-state index is 0.0139. The van der Waals surface area contributed by atoms with Crippen LogP contribution in [0.3, 0.4) is 0 Å². The van der Waals surface area contributed by atoms with Crippen LogP contribution in [0.25, 0.3) is 0 Å². The maximum atomic E-state index is 11.8. The maximum Gasteiger partial charge on any atom is 0.225 e. The van der Waals surface area contributed by atoms with Gasteiger partial charge in [0.05, 0.1) is 5.02 Å². The molecule has 1 heterocycles. The first kappa shape index (κ1) is 13.5. The number of aromatic hydroxyl groups is 1. The minimum atomic E-state index is -0.0447. The topological polar surface area (TPSA) is 61.4 Å². The summed E-state index contributed by atoms with van der Waals surface area (Å²) in [7, 11) is 0. The van der Waals surface area contributed by atoms with Crippen molar-refractivity contribution < 1.29 is 9.90 Å². The van der Waals surface area contributed by atoms with Crippen molar-refractivity contribution in [2.75, 3.05) is 23.4 Å². The van der Waals surface area contributed by atoms with E-state index in [0.717, 1.165) is 18.1 Å². The molecule has 0 bridgehead atoms. The fourth-order valence-electron chi connectivity index (χ4n) is 1.77. The van der Waals surface area contributed by atoms with E-state index in [0.29, 0.717) is 12.1 Å². The summed E-state index contributed by atoms with van der Waals surface area (Å²) < 4.78 is 0. The normalized spacial score (nSPS) is 19.5. The molecule has 0 spiro atoms. The molecule has 1 aliphatic rings. The highest BCUT2D eigenvalue weighted by Crippen LogP contribution is 2.26. The first-order valence-electron chi connectivity index (χ1n) is 5.74. The second-order valence-corrected chi connectivity index (χ2v) is 5.70. The number of phenolic OH excluding ortho intramolecular Hbond substituents is 1. The van der Waals surface area contributed by atoms with Crippen molar-refractivity contribution in [2.24, 2.45) is 0 Å². The van der Waals surface area contributed by atoms with Crippen molar-refractivity contribution in [3.8, 4) is 5.75 Å². The van der Waals surface area contributed by atoms with Crippen molar-refractivity contribution >= 4 is 35.0 Å². The Balaban J connectivity index is 1.88. The molecular weight excluding hydrogens is 272 g/mol. The third-order valence-electron chi connectivity index (χ3n) is 2.66. The van der Waals surface area contributed by atoms with Crippen LogP contribution in [0.15, 0.2) is 18.2 Å². The first-order valence-corrected chi connectivity index (χ1v) is 7.28. The lowest BCUT2D eigenvalue weighted by Gasteiger charge is -2.22. The molecule has 18 heavy (non-hydrogen) atoms. The van der Waals surface area contributed by atoms with Crippen LogP contribution in [0.2, 0.25) is 5.02 Å². The zero-order chi connectivity index (χ0) is 13.0. The zero-order valence-corrected chi connectivity index (χ0v) is 11.4. The van der Waals surface area contributed by atoms with Crippen molar-refractivity contribution in [2.45, 2.75) is 12.5 Å². The van der Waals surface area contributed by atoms with E-state index >= 15 is 0 Å². The number of carbonyl (C=O) groups excluding carboxylic acids is 1. The highest BCUT2D eigenvalue weighted by Gasteiger charge is 2.16. The molecule has 1 amide bonds. The fourth-order valence-corrected chi connectivity index (χ4v) is 2.90. The van der Waals surface area contributed by atoms with Gasteiger partial charge in [0.2, 0.25) is 5.91 Å². The Labute approximate surface area is 115 Å². The van der Waals surface area contributed by atoms with Crippen LogP contribution in [0, 0.1) is 0 Å². The van der Waals surface area contributed by atoms with Gasteiger partial charge in [0, 0.05) is 36.2 Å². The van der Waals surface area contributed by atoms with Gasteiger partial charge in [-0.1, -0.05) is 11.6 Å². The molecule has 0 saturated carbocycles.